The van der Waals surface area contributed by atoms with Crippen molar-refractivity contribution in [2.45, 2.75) is 128 Å². The molecular formula is C20H41NaO4S. The molecular weight excluding hydrogens is 359 g/mol. The second kappa shape index (κ2) is 19.2. The third-order valence-electron chi connectivity index (χ3n) is 5.00. The van der Waals surface area contributed by atoms with Gasteiger partial charge in [0.1, 0.15) is 10.1 Å². The molecule has 0 aliphatic rings. The Labute approximate surface area is 185 Å². The zero-order valence-corrected chi connectivity index (χ0v) is 20.4. The van der Waals surface area contributed by atoms with Crippen LogP contribution < -0.4 is 29.6 Å². The predicted molar refractivity (Wildman–Crippen MR) is 105 cm³/mol. The fourth-order valence-electron chi connectivity index (χ4n) is 3.33. The molecule has 0 radical (unpaired) electrons. The van der Waals surface area contributed by atoms with Crippen molar-refractivity contribution in [2.75, 3.05) is 0 Å². The molecule has 0 saturated heterocycles. The summed E-state index contributed by atoms with van der Waals surface area (Å²) < 4.78 is 34.4. The summed E-state index contributed by atoms with van der Waals surface area (Å²) in [5, 5.41) is 9.06. The largest absolute Gasteiger partial charge is 1.00 e. The van der Waals surface area contributed by atoms with Gasteiger partial charge in [-0.3, -0.25) is 0 Å². The molecule has 0 rings (SSSR count). The molecule has 4 nitrogen and oxygen atoms in total. The molecule has 0 bridgehead atoms. The molecule has 0 aromatic rings. The maximum atomic E-state index is 11.5. The van der Waals surface area contributed by atoms with E-state index in [4.69, 9.17) is 0 Å². The van der Waals surface area contributed by atoms with Crippen molar-refractivity contribution in [1.29, 1.82) is 0 Å². The molecule has 0 aliphatic carbocycles. The fraction of sp³-hybridized carbons (Fsp3) is 1.00. The van der Waals surface area contributed by atoms with E-state index in [0.717, 1.165) is 38.5 Å². The van der Waals surface area contributed by atoms with Gasteiger partial charge in [-0.25, -0.2) is 8.42 Å². The second-order valence-electron chi connectivity index (χ2n) is 7.42. The first kappa shape index (κ1) is 29.1. The van der Waals surface area contributed by atoms with Crippen LogP contribution in [0, 0.1) is 0 Å². The summed E-state index contributed by atoms with van der Waals surface area (Å²) >= 11 is 0. The first-order valence-electron chi connectivity index (χ1n) is 10.6. The van der Waals surface area contributed by atoms with Gasteiger partial charge < -0.3 is 9.66 Å². The second-order valence-corrected chi connectivity index (χ2v) is 9.01. The van der Waals surface area contributed by atoms with E-state index in [1.54, 1.807) is 0 Å². The summed E-state index contributed by atoms with van der Waals surface area (Å²) in [6.45, 7) is 4.36. The van der Waals surface area contributed by atoms with E-state index >= 15 is 0 Å². The Morgan fingerprint density at radius 2 is 1.04 bits per heavy atom. The Morgan fingerprint density at radius 1 is 0.692 bits per heavy atom. The van der Waals surface area contributed by atoms with E-state index in [-0.39, 0.29) is 29.6 Å². The molecule has 6 heteroatoms. The first-order valence-corrected chi connectivity index (χ1v) is 12.0. The summed E-state index contributed by atoms with van der Waals surface area (Å²) in [6, 6.07) is 0. The van der Waals surface area contributed by atoms with Crippen LogP contribution >= 0.6 is 0 Å². The zero-order chi connectivity index (χ0) is 19.0. The van der Waals surface area contributed by atoms with Crippen molar-refractivity contribution in [2.24, 2.45) is 0 Å². The third-order valence-corrected chi connectivity index (χ3v) is 6.29. The maximum Gasteiger partial charge on any atom is 1.00 e. The topological polar surface area (TPSA) is 77.4 Å². The molecule has 0 spiro atoms. The molecule has 2 unspecified atom stereocenters. The van der Waals surface area contributed by atoms with E-state index in [2.05, 4.69) is 13.8 Å². The van der Waals surface area contributed by atoms with Gasteiger partial charge >= 0.3 is 29.6 Å². The molecule has 0 saturated carbocycles. The molecule has 0 aromatic carbocycles. The minimum atomic E-state index is -4.42. The molecule has 0 amide bonds. The fourth-order valence-corrected chi connectivity index (χ4v) is 4.30. The van der Waals surface area contributed by atoms with Gasteiger partial charge in [0.05, 0.1) is 11.4 Å². The molecule has 0 fully saturated rings. The van der Waals surface area contributed by atoms with Gasteiger partial charge in [0.15, 0.2) is 0 Å². The van der Waals surface area contributed by atoms with Crippen molar-refractivity contribution in [3.63, 3.8) is 0 Å². The van der Waals surface area contributed by atoms with Crippen molar-refractivity contribution < 1.29 is 47.6 Å². The summed E-state index contributed by atoms with van der Waals surface area (Å²) in [4.78, 5) is 0. The van der Waals surface area contributed by atoms with Crippen molar-refractivity contribution in [3.05, 3.63) is 0 Å². The van der Waals surface area contributed by atoms with Gasteiger partial charge in [-0.2, -0.15) is 0 Å². The smallest absolute Gasteiger partial charge is 0.748 e. The average Bonchev–Trinajstić information content (AvgIpc) is 2.55. The average molecular weight is 401 g/mol. The summed E-state index contributed by atoms with van der Waals surface area (Å²) in [5.74, 6) is 0. The Balaban J connectivity index is 0. The van der Waals surface area contributed by atoms with Crippen LogP contribution in [0.3, 0.4) is 0 Å². The van der Waals surface area contributed by atoms with Crippen LogP contribution in [-0.4, -0.2) is 29.4 Å². The SMILES string of the molecule is CCCCCCCCCCC(O)C(CCCCCCCC)S(=O)(=O)[O-].[Na+]. The van der Waals surface area contributed by atoms with Crippen LogP contribution in [0.1, 0.15) is 117 Å². The Hall–Kier alpha value is 0.870. The molecule has 0 aliphatic heterocycles. The number of aliphatic hydroxyl groups excluding tert-OH is 1. The molecule has 2 atom stereocenters. The van der Waals surface area contributed by atoms with E-state index in [9.17, 15) is 18.1 Å². The van der Waals surface area contributed by atoms with Gasteiger partial charge in [-0.05, 0) is 12.8 Å². The van der Waals surface area contributed by atoms with Crippen LogP contribution in [0.25, 0.3) is 0 Å². The van der Waals surface area contributed by atoms with Gasteiger partial charge in [0.2, 0.25) is 0 Å². The maximum absolute atomic E-state index is 11.5. The zero-order valence-electron chi connectivity index (χ0n) is 17.5. The number of aliphatic hydroxyl groups is 1. The number of hydrogen-bond donors (Lipinski definition) is 1. The molecule has 0 aromatic heterocycles. The Kier molecular flexibility index (Phi) is 21.5. The van der Waals surface area contributed by atoms with Crippen molar-refractivity contribution >= 4 is 10.1 Å². The minimum absolute atomic E-state index is 0. The summed E-state index contributed by atoms with van der Waals surface area (Å²) in [6.07, 6.45) is 15.2. The van der Waals surface area contributed by atoms with Gasteiger partial charge in [0, 0.05) is 0 Å². The summed E-state index contributed by atoms with van der Waals surface area (Å²) in [7, 11) is -4.42. The summed E-state index contributed by atoms with van der Waals surface area (Å²) in [5.41, 5.74) is 0. The minimum Gasteiger partial charge on any atom is -0.748 e. The molecule has 1 N–H and O–H groups in total. The van der Waals surface area contributed by atoms with E-state index in [0.29, 0.717) is 19.3 Å². The monoisotopic (exact) mass is 400 g/mol. The van der Waals surface area contributed by atoms with Crippen LogP contribution in [0.5, 0.6) is 0 Å². The Morgan fingerprint density at radius 3 is 1.42 bits per heavy atom. The van der Waals surface area contributed by atoms with E-state index in [1.165, 1.54) is 44.9 Å². The van der Waals surface area contributed by atoms with Gasteiger partial charge in [-0.15, -0.1) is 0 Å². The van der Waals surface area contributed by atoms with E-state index < -0.39 is 21.5 Å². The number of rotatable bonds is 18. The first-order chi connectivity index (χ1) is 11.9. The van der Waals surface area contributed by atoms with Crippen molar-refractivity contribution in [1.82, 2.24) is 0 Å². The molecule has 0 heterocycles. The van der Waals surface area contributed by atoms with Crippen LogP contribution in [0.4, 0.5) is 0 Å². The van der Waals surface area contributed by atoms with Gasteiger partial charge in [-0.1, -0.05) is 104 Å². The van der Waals surface area contributed by atoms with E-state index in [1.807, 2.05) is 0 Å². The Bertz CT molecular complexity index is 387. The van der Waals surface area contributed by atoms with Crippen LogP contribution in [0.2, 0.25) is 0 Å². The molecule has 26 heavy (non-hydrogen) atoms. The molecule has 152 valence electrons. The van der Waals surface area contributed by atoms with Crippen LogP contribution in [0.15, 0.2) is 0 Å². The number of hydrogen-bond acceptors (Lipinski definition) is 4. The standard InChI is InChI=1S/C20H42O4S.Na/c1-3-5-7-9-11-12-13-15-17-19(21)20(25(22,23)24)18-16-14-10-8-6-4-2;/h19-21H,3-18H2,1-2H3,(H,22,23,24);/q;+1/p-1. The third kappa shape index (κ3) is 17.0. The quantitative estimate of drug-likeness (QED) is 0.218. The van der Waals surface area contributed by atoms with Gasteiger partial charge in [0.25, 0.3) is 0 Å². The predicted octanol–water partition coefficient (Wildman–Crippen LogP) is 2.55. The van der Waals surface area contributed by atoms with Crippen molar-refractivity contribution in [3.8, 4) is 0 Å². The number of unbranched alkanes of at least 4 members (excludes halogenated alkanes) is 12. The normalized spacial score (nSPS) is 14.0. The van der Waals surface area contributed by atoms with Crippen LogP contribution in [-0.2, 0) is 10.1 Å².